The predicted molar refractivity (Wildman–Crippen MR) is 129 cm³/mol. The zero-order chi connectivity index (χ0) is 21.7. The van der Waals surface area contributed by atoms with Gasteiger partial charge in [0.2, 0.25) is 0 Å². The molecule has 0 amide bonds. The van der Waals surface area contributed by atoms with Gasteiger partial charge in [0.05, 0.1) is 11.4 Å². The van der Waals surface area contributed by atoms with Crippen LogP contribution in [0.3, 0.4) is 0 Å². The fourth-order valence-electron chi connectivity index (χ4n) is 3.13. The lowest BCUT2D eigenvalue weighted by Crippen LogP contribution is -2.07. The zero-order valence-corrected chi connectivity index (χ0v) is 18.6. The summed E-state index contributed by atoms with van der Waals surface area (Å²) in [4.78, 5) is 10.3. The minimum Gasteiger partial charge on any atom is -0.481 e. The average molecular weight is 413 g/mol. The van der Waals surface area contributed by atoms with Gasteiger partial charge in [-0.3, -0.25) is 4.79 Å². The Morgan fingerprint density at radius 1 is 0.633 bits per heavy atom. The molecule has 0 atom stereocenters. The highest BCUT2D eigenvalue weighted by molar-refractivity contribution is 5.66. The number of para-hydroxylation sites is 2. The lowest BCUT2D eigenvalue weighted by atomic mass is 10.1. The predicted octanol–water partition coefficient (Wildman–Crippen LogP) is 7.90. The summed E-state index contributed by atoms with van der Waals surface area (Å²) in [5.74, 6) is -0.657. The fraction of sp³-hybridized carbons (Fsp3) is 0.500. The van der Waals surface area contributed by atoms with E-state index in [-0.39, 0.29) is 0 Å². The number of nitrogens with one attached hydrogen (secondary N) is 2. The summed E-state index contributed by atoms with van der Waals surface area (Å²) in [5.41, 5.74) is 8.33. The number of rotatable bonds is 15. The molecule has 0 fully saturated rings. The molecule has 2 aromatic rings. The number of aliphatic carboxylic acids is 1. The van der Waals surface area contributed by atoms with E-state index >= 15 is 0 Å². The van der Waals surface area contributed by atoms with E-state index in [9.17, 15) is 4.79 Å². The smallest absolute Gasteiger partial charge is 0.303 e. The van der Waals surface area contributed by atoms with Crippen LogP contribution >= 0.6 is 0 Å². The van der Waals surface area contributed by atoms with Gasteiger partial charge in [-0.25, -0.2) is 0 Å². The first kappa shape index (κ1) is 25.5. The van der Waals surface area contributed by atoms with Gasteiger partial charge < -0.3 is 16.0 Å². The van der Waals surface area contributed by atoms with Gasteiger partial charge >= 0.3 is 5.97 Å². The van der Waals surface area contributed by atoms with Crippen LogP contribution in [0.5, 0.6) is 0 Å². The lowest BCUT2D eigenvalue weighted by molar-refractivity contribution is -0.137. The Hall–Kier alpha value is -2.49. The largest absolute Gasteiger partial charge is 0.481 e. The SMILES string of the molecule is CCCCCCCCCCCCCC(=O)O.c1ccc(NNc2ccccc2)cc1. The molecule has 30 heavy (non-hydrogen) atoms. The molecule has 4 heteroatoms. The third-order valence-corrected chi connectivity index (χ3v) is 4.89. The summed E-state index contributed by atoms with van der Waals surface area (Å²) in [7, 11) is 0. The number of unbranched alkanes of at least 4 members (excludes halogenated alkanes) is 10. The van der Waals surface area contributed by atoms with E-state index in [1.165, 1.54) is 57.8 Å². The second kappa shape index (κ2) is 18.5. The number of hydrogen-bond acceptors (Lipinski definition) is 3. The molecule has 0 bridgehead atoms. The van der Waals surface area contributed by atoms with Gasteiger partial charge in [-0.05, 0) is 30.7 Å². The van der Waals surface area contributed by atoms with Gasteiger partial charge in [-0.15, -0.1) is 0 Å². The number of carboxylic acids is 1. The fourth-order valence-corrected chi connectivity index (χ4v) is 3.13. The van der Waals surface area contributed by atoms with Crippen LogP contribution in [-0.2, 0) is 4.79 Å². The minimum absolute atomic E-state index is 0.344. The van der Waals surface area contributed by atoms with E-state index in [0.29, 0.717) is 6.42 Å². The number of carboxylic acid groups (broad SMARTS) is 1. The van der Waals surface area contributed by atoms with Crippen molar-refractivity contribution in [2.75, 3.05) is 10.9 Å². The Kier molecular flexibility index (Phi) is 15.8. The molecular formula is C26H40N2O2. The summed E-state index contributed by atoms with van der Waals surface area (Å²) in [5, 5.41) is 8.46. The van der Waals surface area contributed by atoms with Gasteiger partial charge in [0.15, 0.2) is 0 Å². The highest BCUT2D eigenvalue weighted by Crippen LogP contribution is 2.12. The van der Waals surface area contributed by atoms with Crippen molar-refractivity contribution in [1.82, 2.24) is 0 Å². The topological polar surface area (TPSA) is 61.4 Å². The van der Waals surface area contributed by atoms with Crippen LogP contribution in [0, 0.1) is 0 Å². The molecule has 0 heterocycles. The van der Waals surface area contributed by atoms with Gasteiger partial charge in [0, 0.05) is 6.42 Å². The van der Waals surface area contributed by atoms with Crippen molar-refractivity contribution in [3.63, 3.8) is 0 Å². The molecule has 0 aromatic heterocycles. The molecule has 166 valence electrons. The first-order valence-corrected chi connectivity index (χ1v) is 11.6. The molecule has 0 aliphatic heterocycles. The highest BCUT2D eigenvalue weighted by Gasteiger charge is 1.96. The summed E-state index contributed by atoms with van der Waals surface area (Å²) < 4.78 is 0. The second-order valence-electron chi connectivity index (χ2n) is 7.66. The van der Waals surface area contributed by atoms with Crippen LogP contribution in [0.25, 0.3) is 0 Å². The van der Waals surface area contributed by atoms with Crippen molar-refractivity contribution in [1.29, 1.82) is 0 Å². The number of anilines is 2. The first-order valence-electron chi connectivity index (χ1n) is 11.6. The summed E-state index contributed by atoms with van der Waals surface area (Å²) in [6.07, 6.45) is 14.4. The quantitative estimate of drug-likeness (QED) is 0.205. The molecule has 0 saturated heterocycles. The summed E-state index contributed by atoms with van der Waals surface area (Å²) in [6, 6.07) is 20.0. The Balaban J connectivity index is 0.000000301. The molecule has 0 saturated carbocycles. The standard InChI is InChI=1S/C14H28O2.C12H12N2/c1-2-3-4-5-6-7-8-9-10-11-12-13-14(15)16;1-3-7-11(8-4-1)13-14-12-9-5-2-6-10-12/h2-13H2,1H3,(H,15,16);1-10,13-14H. The van der Waals surface area contributed by atoms with E-state index in [1.54, 1.807) is 0 Å². The number of carbonyl (C=O) groups is 1. The molecular weight excluding hydrogens is 372 g/mol. The highest BCUT2D eigenvalue weighted by atomic mass is 16.4. The van der Waals surface area contributed by atoms with Crippen molar-refractivity contribution in [3.05, 3.63) is 60.7 Å². The average Bonchev–Trinajstić information content (AvgIpc) is 2.78. The maximum absolute atomic E-state index is 10.3. The van der Waals surface area contributed by atoms with E-state index in [2.05, 4.69) is 17.8 Å². The lowest BCUT2D eigenvalue weighted by Gasteiger charge is -2.08. The maximum atomic E-state index is 10.3. The van der Waals surface area contributed by atoms with Crippen LogP contribution in [0.1, 0.15) is 84.0 Å². The van der Waals surface area contributed by atoms with E-state index < -0.39 is 5.97 Å². The molecule has 0 aliphatic rings. The van der Waals surface area contributed by atoms with Crippen molar-refractivity contribution in [2.45, 2.75) is 84.0 Å². The molecule has 3 N–H and O–H groups in total. The van der Waals surface area contributed by atoms with Crippen LogP contribution in [-0.4, -0.2) is 11.1 Å². The molecule has 0 spiro atoms. The Labute approximate surface area is 183 Å². The van der Waals surface area contributed by atoms with Gasteiger partial charge in [-0.2, -0.15) is 0 Å². The number of hydrazine groups is 1. The molecule has 2 rings (SSSR count). The van der Waals surface area contributed by atoms with E-state index in [1.807, 2.05) is 60.7 Å². The normalized spacial score (nSPS) is 10.0. The minimum atomic E-state index is -0.657. The van der Waals surface area contributed by atoms with E-state index in [0.717, 1.165) is 24.2 Å². The maximum Gasteiger partial charge on any atom is 0.303 e. The third kappa shape index (κ3) is 15.4. The van der Waals surface area contributed by atoms with Gasteiger partial charge in [-0.1, -0.05) is 108 Å². The monoisotopic (exact) mass is 412 g/mol. The van der Waals surface area contributed by atoms with Crippen molar-refractivity contribution >= 4 is 17.3 Å². The van der Waals surface area contributed by atoms with Gasteiger partial charge in [0.1, 0.15) is 0 Å². The Bertz CT molecular complexity index is 592. The Morgan fingerprint density at radius 2 is 1.00 bits per heavy atom. The van der Waals surface area contributed by atoms with Crippen molar-refractivity contribution in [2.24, 2.45) is 0 Å². The molecule has 0 aliphatic carbocycles. The summed E-state index contributed by atoms with van der Waals surface area (Å²) >= 11 is 0. The molecule has 0 unspecified atom stereocenters. The molecule has 4 nitrogen and oxygen atoms in total. The van der Waals surface area contributed by atoms with Crippen LogP contribution in [0.4, 0.5) is 11.4 Å². The second-order valence-corrected chi connectivity index (χ2v) is 7.66. The number of hydrogen-bond donors (Lipinski definition) is 3. The zero-order valence-electron chi connectivity index (χ0n) is 18.6. The van der Waals surface area contributed by atoms with E-state index in [4.69, 9.17) is 5.11 Å². The first-order chi connectivity index (χ1) is 14.7. The van der Waals surface area contributed by atoms with Crippen molar-refractivity contribution < 1.29 is 9.90 Å². The summed E-state index contributed by atoms with van der Waals surface area (Å²) in [6.45, 7) is 2.25. The van der Waals surface area contributed by atoms with Crippen LogP contribution in [0.2, 0.25) is 0 Å². The van der Waals surface area contributed by atoms with Gasteiger partial charge in [0.25, 0.3) is 0 Å². The third-order valence-electron chi connectivity index (χ3n) is 4.89. The Morgan fingerprint density at radius 3 is 1.37 bits per heavy atom. The van der Waals surface area contributed by atoms with Crippen LogP contribution in [0.15, 0.2) is 60.7 Å². The molecule has 0 radical (unpaired) electrons. The van der Waals surface area contributed by atoms with Crippen molar-refractivity contribution in [3.8, 4) is 0 Å². The van der Waals surface area contributed by atoms with Crippen LogP contribution < -0.4 is 10.9 Å². The molecule has 2 aromatic carbocycles. The number of benzene rings is 2.